The summed E-state index contributed by atoms with van der Waals surface area (Å²) in [6.07, 6.45) is 1.47. The number of aromatic amines is 1. The molecule has 0 spiro atoms. The van der Waals surface area contributed by atoms with E-state index in [4.69, 9.17) is 4.74 Å². The van der Waals surface area contributed by atoms with Gasteiger partial charge in [-0.15, -0.1) is 5.10 Å². The molecular weight excluding hydrogens is 530 g/mol. The number of amides is 2. The number of aromatic nitrogens is 3. The molecule has 4 N–H and O–H groups in total. The van der Waals surface area contributed by atoms with Gasteiger partial charge in [-0.05, 0) is 75.6 Å². The Balaban J connectivity index is 1.49. The number of hydrogen-bond donors (Lipinski definition) is 4. The van der Waals surface area contributed by atoms with E-state index < -0.39 is 11.9 Å². The first-order chi connectivity index (χ1) is 17.3. The molecule has 11 heteroatoms. The molecule has 0 aliphatic heterocycles. The highest BCUT2D eigenvalue weighted by atomic mass is 79.9. The van der Waals surface area contributed by atoms with Crippen LogP contribution in [0.1, 0.15) is 31.8 Å². The third-order valence-corrected chi connectivity index (χ3v) is 5.81. The van der Waals surface area contributed by atoms with Crippen molar-refractivity contribution in [2.75, 3.05) is 7.11 Å². The summed E-state index contributed by atoms with van der Waals surface area (Å²) in [6, 6.07) is 16.2. The van der Waals surface area contributed by atoms with Gasteiger partial charge in [0, 0.05) is 16.6 Å². The van der Waals surface area contributed by atoms with Crippen LogP contribution in [-0.4, -0.2) is 45.4 Å². The van der Waals surface area contributed by atoms with E-state index in [0.717, 1.165) is 11.1 Å². The molecule has 10 nitrogen and oxygen atoms in total. The van der Waals surface area contributed by atoms with E-state index in [1.165, 1.54) is 31.4 Å². The smallest absolute Gasteiger partial charge is 0.354 e. The van der Waals surface area contributed by atoms with Crippen molar-refractivity contribution in [3.05, 3.63) is 93.1 Å². The van der Waals surface area contributed by atoms with Crippen molar-refractivity contribution < 1.29 is 24.2 Å². The van der Waals surface area contributed by atoms with Gasteiger partial charge in [-0.2, -0.15) is 0 Å². The zero-order valence-corrected chi connectivity index (χ0v) is 20.5. The molecule has 0 aliphatic carbocycles. The summed E-state index contributed by atoms with van der Waals surface area (Å²) in [4.78, 5) is 37.8. The minimum atomic E-state index is -0.734. The van der Waals surface area contributed by atoms with Crippen LogP contribution < -0.4 is 10.6 Å². The number of aromatic hydroxyl groups is 1. The molecular formula is C25H20BrN5O5. The van der Waals surface area contributed by atoms with Crippen LogP contribution in [0.3, 0.4) is 0 Å². The Morgan fingerprint density at radius 1 is 1.08 bits per heavy atom. The van der Waals surface area contributed by atoms with Crippen molar-refractivity contribution in [2.45, 2.75) is 6.54 Å². The number of carbonyl (C=O) groups is 3. The molecule has 0 saturated carbocycles. The van der Waals surface area contributed by atoms with E-state index in [0.29, 0.717) is 21.1 Å². The second-order valence-corrected chi connectivity index (χ2v) is 8.49. The van der Waals surface area contributed by atoms with Gasteiger partial charge in [0.25, 0.3) is 11.8 Å². The summed E-state index contributed by atoms with van der Waals surface area (Å²) in [7, 11) is 1.21. The molecule has 0 aliphatic rings. The van der Waals surface area contributed by atoms with Crippen LogP contribution >= 0.6 is 15.9 Å². The van der Waals surface area contributed by atoms with Crippen LogP contribution in [0.2, 0.25) is 0 Å². The van der Waals surface area contributed by atoms with E-state index in [2.05, 4.69) is 42.0 Å². The highest BCUT2D eigenvalue weighted by molar-refractivity contribution is 9.10. The maximum Gasteiger partial charge on any atom is 0.354 e. The highest BCUT2D eigenvalue weighted by Gasteiger charge is 2.18. The Kier molecular flexibility index (Phi) is 7.40. The van der Waals surface area contributed by atoms with Gasteiger partial charge < -0.3 is 20.5 Å². The number of halogens is 1. The fourth-order valence-electron chi connectivity index (χ4n) is 3.35. The molecule has 2 amide bonds. The van der Waals surface area contributed by atoms with E-state index in [1.807, 2.05) is 0 Å². The number of methoxy groups -OCH3 is 1. The number of benzene rings is 3. The average Bonchev–Trinajstić information content (AvgIpc) is 3.34. The van der Waals surface area contributed by atoms with Crippen molar-refractivity contribution in [1.29, 1.82) is 0 Å². The predicted octanol–water partition coefficient (Wildman–Crippen LogP) is 3.30. The molecule has 1 aromatic heterocycles. The maximum atomic E-state index is 12.9. The lowest BCUT2D eigenvalue weighted by atomic mass is 10.1. The van der Waals surface area contributed by atoms with Gasteiger partial charge in [0.05, 0.1) is 18.2 Å². The lowest BCUT2D eigenvalue weighted by Gasteiger charge is -2.11. The SMILES string of the molecule is COC(=O)/C(=C/c1ccc2[nH]nnc2c1)NC(=O)c1ccc(C(=O)NCc2cccc(O)c2)cc1Br. The quantitative estimate of drug-likeness (QED) is 0.204. The fourth-order valence-corrected chi connectivity index (χ4v) is 3.91. The third kappa shape index (κ3) is 5.76. The van der Waals surface area contributed by atoms with Crippen LogP contribution in [-0.2, 0) is 16.1 Å². The van der Waals surface area contributed by atoms with Crippen molar-refractivity contribution >= 4 is 50.8 Å². The Morgan fingerprint density at radius 3 is 2.67 bits per heavy atom. The summed E-state index contributed by atoms with van der Waals surface area (Å²) in [5.74, 6) is -1.56. The molecule has 0 radical (unpaired) electrons. The number of rotatable bonds is 7. The van der Waals surface area contributed by atoms with Gasteiger partial charge in [0.2, 0.25) is 0 Å². The van der Waals surface area contributed by atoms with Crippen molar-refractivity contribution in [2.24, 2.45) is 0 Å². The van der Waals surface area contributed by atoms with Crippen LogP contribution in [0.25, 0.3) is 17.1 Å². The zero-order chi connectivity index (χ0) is 25.7. The van der Waals surface area contributed by atoms with Gasteiger partial charge in [-0.3, -0.25) is 14.7 Å². The number of nitrogens with one attached hydrogen (secondary N) is 3. The Bertz CT molecular complexity index is 1500. The van der Waals surface area contributed by atoms with Gasteiger partial charge in [0.1, 0.15) is 17.0 Å². The molecule has 0 bridgehead atoms. The molecule has 4 aromatic rings. The number of H-pyrrole nitrogens is 1. The number of nitrogens with zero attached hydrogens (tertiary/aromatic N) is 2. The molecule has 0 unspecified atom stereocenters. The van der Waals surface area contributed by atoms with Crippen LogP contribution in [0.15, 0.2) is 70.8 Å². The second-order valence-electron chi connectivity index (χ2n) is 7.64. The standard InChI is InChI=1S/C25H20BrN5O5/c1-36-25(35)22(11-14-5-8-20-21(10-14)30-31-29-20)28-24(34)18-7-6-16(12-19(18)26)23(33)27-13-15-3-2-4-17(32)9-15/h2-12,32H,13H2,1H3,(H,27,33)(H,28,34)(H,29,30,31)/b22-11-. The molecule has 0 saturated heterocycles. The Labute approximate surface area is 213 Å². The monoisotopic (exact) mass is 549 g/mol. The van der Waals surface area contributed by atoms with Crippen molar-refractivity contribution in [3.8, 4) is 5.75 Å². The van der Waals surface area contributed by atoms with Crippen LogP contribution in [0.4, 0.5) is 0 Å². The fraction of sp³-hybridized carbons (Fsp3) is 0.0800. The Hall–Kier alpha value is -4.51. The molecule has 182 valence electrons. The number of esters is 1. The van der Waals surface area contributed by atoms with E-state index in [1.54, 1.807) is 42.5 Å². The minimum absolute atomic E-state index is 0.0785. The number of carbonyl (C=O) groups excluding carboxylic acids is 3. The van der Waals surface area contributed by atoms with Crippen LogP contribution in [0.5, 0.6) is 5.75 Å². The normalized spacial score (nSPS) is 11.2. The molecule has 0 atom stereocenters. The topological polar surface area (TPSA) is 146 Å². The molecule has 1 heterocycles. The molecule has 3 aromatic carbocycles. The van der Waals surface area contributed by atoms with Crippen molar-refractivity contribution in [3.63, 3.8) is 0 Å². The average molecular weight is 550 g/mol. The summed E-state index contributed by atoms with van der Waals surface area (Å²) in [5, 5.41) is 25.3. The zero-order valence-electron chi connectivity index (χ0n) is 18.9. The Morgan fingerprint density at radius 2 is 1.92 bits per heavy atom. The largest absolute Gasteiger partial charge is 0.508 e. The first-order valence-corrected chi connectivity index (χ1v) is 11.4. The molecule has 4 rings (SSSR count). The number of hydrogen-bond acceptors (Lipinski definition) is 7. The van der Waals surface area contributed by atoms with E-state index in [9.17, 15) is 19.5 Å². The van der Waals surface area contributed by atoms with E-state index in [-0.39, 0.29) is 29.5 Å². The molecule has 0 fully saturated rings. The first kappa shape index (κ1) is 24.6. The number of fused-ring (bicyclic) bond motifs is 1. The lowest BCUT2D eigenvalue weighted by molar-refractivity contribution is -0.136. The summed E-state index contributed by atoms with van der Waals surface area (Å²) < 4.78 is 5.17. The molecule has 36 heavy (non-hydrogen) atoms. The van der Waals surface area contributed by atoms with Crippen LogP contribution in [0, 0.1) is 0 Å². The number of phenolic OH excluding ortho intramolecular Hbond substituents is 1. The minimum Gasteiger partial charge on any atom is -0.508 e. The first-order valence-electron chi connectivity index (χ1n) is 10.6. The van der Waals surface area contributed by atoms with Gasteiger partial charge in [0.15, 0.2) is 0 Å². The summed E-state index contributed by atoms with van der Waals surface area (Å²) in [6.45, 7) is 0.223. The van der Waals surface area contributed by atoms with Gasteiger partial charge in [-0.25, -0.2) is 4.79 Å². The second kappa shape index (κ2) is 10.8. The third-order valence-electron chi connectivity index (χ3n) is 5.15. The number of phenols is 1. The number of ether oxygens (including phenoxy) is 1. The van der Waals surface area contributed by atoms with E-state index >= 15 is 0 Å². The highest BCUT2D eigenvalue weighted by Crippen LogP contribution is 2.20. The summed E-state index contributed by atoms with van der Waals surface area (Å²) in [5.41, 5.74) is 3.12. The van der Waals surface area contributed by atoms with Gasteiger partial charge in [-0.1, -0.05) is 23.4 Å². The lowest BCUT2D eigenvalue weighted by Crippen LogP contribution is -2.28. The maximum absolute atomic E-state index is 12.9. The summed E-state index contributed by atoms with van der Waals surface area (Å²) >= 11 is 3.33. The van der Waals surface area contributed by atoms with Gasteiger partial charge >= 0.3 is 5.97 Å². The predicted molar refractivity (Wildman–Crippen MR) is 135 cm³/mol. The van der Waals surface area contributed by atoms with Crippen molar-refractivity contribution in [1.82, 2.24) is 26.0 Å².